The number of ether oxygens (including phenoxy) is 2. The lowest BCUT2D eigenvalue weighted by atomic mass is 9.94. The van der Waals surface area contributed by atoms with Crippen LogP contribution in [0.3, 0.4) is 0 Å². The van der Waals surface area contributed by atoms with Crippen molar-refractivity contribution in [2.45, 2.75) is 32.9 Å². The van der Waals surface area contributed by atoms with Crippen LogP contribution in [0.25, 0.3) is 0 Å². The summed E-state index contributed by atoms with van der Waals surface area (Å²) in [5.74, 6) is 2.10. The van der Waals surface area contributed by atoms with Crippen LogP contribution in [0.2, 0.25) is 0 Å². The van der Waals surface area contributed by atoms with Gasteiger partial charge in [0.2, 0.25) is 11.9 Å². The quantitative estimate of drug-likeness (QED) is 0.887. The van der Waals surface area contributed by atoms with Gasteiger partial charge in [0.1, 0.15) is 6.04 Å². The standard InChI is InChI=1S/C19H21N5O3/c1-10-5-11(2)21-18(20-10)23-19-22-17(25)14-6-12-7-15(26-3)16(27-4)8-13(12)9-24(14)19/h5,7-8,14H,6,9H2,1-4H3,(H,20,21,22,23,25)/t14-/m0/s1. The van der Waals surface area contributed by atoms with Gasteiger partial charge in [-0.2, -0.15) is 4.99 Å². The third kappa shape index (κ3) is 3.07. The minimum Gasteiger partial charge on any atom is -0.493 e. The Hall–Kier alpha value is -3.16. The Labute approximate surface area is 157 Å². The van der Waals surface area contributed by atoms with Crippen LogP contribution in [-0.4, -0.2) is 47.0 Å². The third-order valence-corrected chi connectivity index (χ3v) is 4.82. The second-order valence-electron chi connectivity index (χ2n) is 6.70. The van der Waals surface area contributed by atoms with Crippen molar-refractivity contribution in [3.63, 3.8) is 0 Å². The highest BCUT2D eigenvalue weighted by Crippen LogP contribution is 2.35. The van der Waals surface area contributed by atoms with Gasteiger partial charge in [-0.1, -0.05) is 0 Å². The van der Waals surface area contributed by atoms with Crippen molar-refractivity contribution in [3.8, 4) is 11.5 Å². The molecule has 4 rings (SSSR count). The number of rotatable bonds is 3. The molecule has 1 amide bonds. The number of amides is 1. The molecule has 1 N–H and O–H groups in total. The molecule has 0 aliphatic carbocycles. The molecule has 140 valence electrons. The Morgan fingerprint density at radius 3 is 2.33 bits per heavy atom. The van der Waals surface area contributed by atoms with Crippen LogP contribution in [-0.2, 0) is 17.8 Å². The molecule has 0 radical (unpaired) electrons. The number of carbonyl (C=O) groups excluding carboxylic acids is 1. The fourth-order valence-corrected chi connectivity index (χ4v) is 3.58. The number of hydrogen-bond acceptors (Lipinski definition) is 6. The molecule has 0 bridgehead atoms. The number of hydrogen-bond donors (Lipinski definition) is 1. The van der Waals surface area contributed by atoms with Crippen LogP contribution < -0.4 is 14.8 Å². The summed E-state index contributed by atoms with van der Waals surface area (Å²) < 4.78 is 10.8. The molecule has 27 heavy (non-hydrogen) atoms. The predicted molar refractivity (Wildman–Crippen MR) is 99.3 cm³/mol. The zero-order chi connectivity index (χ0) is 19.1. The number of methoxy groups -OCH3 is 2. The van der Waals surface area contributed by atoms with Gasteiger partial charge < -0.3 is 14.4 Å². The van der Waals surface area contributed by atoms with E-state index in [4.69, 9.17) is 9.47 Å². The van der Waals surface area contributed by atoms with Gasteiger partial charge in [0, 0.05) is 24.4 Å². The smallest absolute Gasteiger partial charge is 0.253 e. The molecule has 8 nitrogen and oxygen atoms in total. The van der Waals surface area contributed by atoms with Crippen molar-refractivity contribution in [2.24, 2.45) is 4.99 Å². The first-order valence-electron chi connectivity index (χ1n) is 8.70. The molecule has 2 aliphatic rings. The Bertz CT molecular complexity index is 936. The van der Waals surface area contributed by atoms with Gasteiger partial charge in [0.15, 0.2) is 11.5 Å². The van der Waals surface area contributed by atoms with Crippen molar-refractivity contribution < 1.29 is 14.3 Å². The lowest BCUT2D eigenvalue weighted by Gasteiger charge is -2.31. The van der Waals surface area contributed by atoms with Crippen LogP contribution in [0, 0.1) is 13.8 Å². The zero-order valence-electron chi connectivity index (χ0n) is 15.7. The highest BCUT2D eigenvalue weighted by atomic mass is 16.5. The topological polar surface area (TPSA) is 88.9 Å². The Kier molecular flexibility index (Phi) is 4.18. The molecule has 1 saturated heterocycles. The van der Waals surface area contributed by atoms with Gasteiger partial charge in [-0.25, -0.2) is 9.97 Å². The monoisotopic (exact) mass is 367 g/mol. The number of carbonyl (C=O) groups is 1. The molecular formula is C19H21N5O3. The number of benzene rings is 1. The van der Waals surface area contributed by atoms with E-state index >= 15 is 0 Å². The van der Waals surface area contributed by atoms with Gasteiger partial charge in [-0.3, -0.25) is 10.1 Å². The molecule has 8 heteroatoms. The lowest BCUT2D eigenvalue weighted by molar-refractivity contribution is -0.121. The molecule has 1 aromatic carbocycles. The maximum Gasteiger partial charge on any atom is 0.253 e. The molecule has 2 aromatic rings. The molecule has 0 spiro atoms. The highest BCUT2D eigenvalue weighted by Gasteiger charge is 2.40. The third-order valence-electron chi connectivity index (χ3n) is 4.82. The minimum atomic E-state index is -0.305. The number of guanidine groups is 1. The summed E-state index contributed by atoms with van der Waals surface area (Å²) in [5.41, 5.74) is 3.83. The second kappa shape index (κ2) is 6.53. The predicted octanol–water partition coefficient (Wildman–Crippen LogP) is 1.65. The van der Waals surface area contributed by atoms with E-state index in [2.05, 4.69) is 20.3 Å². The summed E-state index contributed by atoms with van der Waals surface area (Å²) in [5, 5.41) is 2.87. The molecule has 2 aliphatic heterocycles. The van der Waals surface area contributed by atoms with E-state index in [9.17, 15) is 4.79 Å². The first kappa shape index (κ1) is 17.3. The number of aryl methyl sites for hydroxylation is 2. The van der Waals surface area contributed by atoms with Gasteiger partial charge in [0.05, 0.1) is 14.2 Å². The first-order chi connectivity index (χ1) is 13.0. The van der Waals surface area contributed by atoms with Gasteiger partial charge in [-0.05, 0) is 43.2 Å². The van der Waals surface area contributed by atoms with Crippen LogP contribution >= 0.6 is 0 Å². The molecule has 0 saturated carbocycles. The van der Waals surface area contributed by atoms with E-state index in [0.717, 1.165) is 22.5 Å². The fourth-order valence-electron chi connectivity index (χ4n) is 3.58. The summed E-state index contributed by atoms with van der Waals surface area (Å²) >= 11 is 0. The maximum absolute atomic E-state index is 12.5. The van der Waals surface area contributed by atoms with Crippen molar-refractivity contribution in [2.75, 3.05) is 14.2 Å². The zero-order valence-corrected chi connectivity index (χ0v) is 15.7. The van der Waals surface area contributed by atoms with E-state index < -0.39 is 0 Å². The van der Waals surface area contributed by atoms with Crippen LogP contribution in [0.4, 0.5) is 5.95 Å². The summed E-state index contributed by atoms with van der Waals surface area (Å²) in [6.07, 6.45) is 0.578. The number of fused-ring (bicyclic) bond motifs is 2. The van der Waals surface area contributed by atoms with Crippen molar-refractivity contribution in [3.05, 3.63) is 40.7 Å². The average molecular weight is 367 g/mol. The van der Waals surface area contributed by atoms with Gasteiger partial charge >= 0.3 is 0 Å². The van der Waals surface area contributed by atoms with Crippen LogP contribution in [0.15, 0.2) is 23.2 Å². The normalized spacial score (nSPS) is 19.6. The molecule has 1 aromatic heterocycles. The number of aromatic nitrogens is 2. The van der Waals surface area contributed by atoms with E-state index in [0.29, 0.717) is 36.4 Å². The molecule has 1 fully saturated rings. The first-order valence-corrected chi connectivity index (χ1v) is 8.70. The van der Waals surface area contributed by atoms with Crippen LogP contribution in [0.5, 0.6) is 11.5 Å². The number of nitrogens with one attached hydrogen (secondary N) is 1. The summed E-state index contributed by atoms with van der Waals surface area (Å²) in [7, 11) is 3.22. The Balaban J connectivity index is 1.71. The van der Waals surface area contributed by atoms with E-state index in [1.54, 1.807) is 14.2 Å². The van der Waals surface area contributed by atoms with E-state index in [-0.39, 0.29) is 11.9 Å². The largest absolute Gasteiger partial charge is 0.493 e. The van der Waals surface area contributed by atoms with Crippen molar-refractivity contribution >= 4 is 17.8 Å². The molecule has 1 atom stereocenters. The Morgan fingerprint density at radius 2 is 1.70 bits per heavy atom. The second-order valence-corrected chi connectivity index (χ2v) is 6.70. The molecule has 3 heterocycles. The van der Waals surface area contributed by atoms with E-state index in [1.165, 1.54) is 0 Å². The number of aliphatic imine (C=N–C) groups is 1. The van der Waals surface area contributed by atoms with Gasteiger partial charge in [-0.15, -0.1) is 0 Å². The Morgan fingerprint density at radius 1 is 1.07 bits per heavy atom. The average Bonchev–Trinajstić information content (AvgIpc) is 2.92. The highest BCUT2D eigenvalue weighted by molar-refractivity contribution is 6.07. The van der Waals surface area contributed by atoms with Crippen molar-refractivity contribution in [1.29, 1.82) is 0 Å². The van der Waals surface area contributed by atoms with E-state index in [1.807, 2.05) is 36.9 Å². The summed E-state index contributed by atoms with van der Waals surface area (Å²) in [4.78, 5) is 27.6. The maximum atomic E-state index is 12.5. The fraction of sp³-hybridized carbons (Fsp3) is 0.368. The SMILES string of the molecule is COc1cc2c(cc1OC)CN1C(=Nc3nc(C)cc(C)n3)NC(=O)[C@@H]1C2. The number of nitrogens with zero attached hydrogens (tertiary/aromatic N) is 4. The van der Waals surface area contributed by atoms with Gasteiger partial charge in [0.25, 0.3) is 5.95 Å². The summed E-state index contributed by atoms with van der Waals surface area (Å²) in [6, 6.07) is 5.48. The minimum absolute atomic E-state index is 0.0708. The van der Waals surface area contributed by atoms with Crippen LogP contribution in [0.1, 0.15) is 22.5 Å². The lowest BCUT2D eigenvalue weighted by Crippen LogP contribution is -2.40. The van der Waals surface area contributed by atoms with Crippen molar-refractivity contribution in [1.82, 2.24) is 20.2 Å². The molecular weight excluding hydrogens is 346 g/mol. The summed E-state index contributed by atoms with van der Waals surface area (Å²) in [6.45, 7) is 4.33. The molecule has 0 unspecified atom stereocenters.